The van der Waals surface area contributed by atoms with Crippen LogP contribution in [0.2, 0.25) is 0 Å². The molecular weight excluding hydrogens is 342 g/mol. The number of nitrogens with one attached hydrogen (secondary N) is 1. The number of hydrogen-bond donors (Lipinski definition) is 1. The molecule has 2 rings (SSSR count). The van der Waals surface area contributed by atoms with Crippen LogP contribution in [0.15, 0.2) is 27.6 Å². The number of halogens is 1. The number of nitrogens with zero attached hydrogens (tertiary/aromatic N) is 2. The molecule has 1 saturated heterocycles. The van der Waals surface area contributed by atoms with Crippen molar-refractivity contribution in [2.24, 2.45) is 0 Å². The highest BCUT2D eigenvalue weighted by Gasteiger charge is 2.29. The van der Waals surface area contributed by atoms with Gasteiger partial charge < -0.3 is 5.32 Å². The normalized spacial score (nSPS) is 17.1. The summed E-state index contributed by atoms with van der Waals surface area (Å²) in [4.78, 5) is 0.157. The zero-order chi connectivity index (χ0) is 14.8. The van der Waals surface area contributed by atoms with Crippen molar-refractivity contribution >= 4 is 26.0 Å². The summed E-state index contributed by atoms with van der Waals surface area (Å²) in [6, 6.07) is 6.53. The lowest BCUT2D eigenvalue weighted by molar-refractivity contribution is 0.296. The van der Waals surface area contributed by atoms with Crippen LogP contribution in [0.5, 0.6) is 0 Å². The van der Waals surface area contributed by atoms with Gasteiger partial charge in [-0.2, -0.15) is 9.57 Å². The Morgan fingerprint density at radius 2 is 2.00 bits per heavy atom. The molecule has 0 aliphatic carbocycles. The molecule has 1 aliphatic rings. The number of rotatable bonds is 3. The van der Waals surface area contributed by atoms with E-state index in [9.17, 15) is 8.42 Å². The number of benzene rings is 1. The van der Waals surface area contributed by atoms with Gasteiger partial charge in [-0.15, -0.1) is 0 Å². The maximum atomic E-state index is 12.6. The minimum atomic E-state index is -3.57. The average molecular weight is 358 g/mol. The SMILES string of the molecule is CN(C1CCNCC1)S(=O)(=O)c1cc(Br)cc(C#N)c1. The van der Waals surface area contributed by atoms with E-state index < -0.39 is 10.0 Å². The molecule has 1 aliphatic heterocycles. The Labute approximate surface area is 127 Å². The van der Waals surface area contributed by atoms with Crippen LogP contribution in [0.1, 0.15) is 18.4 Å². The molecule has 1 aromatic carbocycles. The summed E-state index contributed by atoms with van der Waals surface area (Å²) in [7, 11) is -1.96. The highest BCUT2D eigenvalue weighted by atomic mass is 79.9. The van der Waals surface area contributed by atoms with Crippen molar-refractivity contribution in [2.45, 2.75) is 23.8 Å². The van der Waals surface area contributed by atoms with E-state index in [-0.39, 0.29) is 10.9 Å². The Morgan fingerprint density at radius 1 is 1.35 bits per heavy atom. The van der Waals surface area contributed by atoms with Crippen LogP contribution in [0.3, 0.4) is 0 Å². The zero-order valence-corrected chi connectivity index (χ0v) is 13.5. The molecule has 1 aromatic rings. The van der Waals surface area contributed by atoms with Gasteiger partial charge in [0.15, 0.2) is 0 Å². The van der Waals surface area contributed by atoms with Crippen LogP contribution >= 0.6 is 15.9 Å². The molecule has 5 nitrogen and oxygen atoms in total. The molecule has 7 heteroatoms. The molecule has 0 amide bonds. The van der Waals surface area contributed by atoms with Crippen LogP contribution in [0.4, 0.5) is 0 Å². The van der Waals surface area contributed by atoms with Crippen LogP contribution in [0, 0.1) is 11.3 Å². The summed E-state index contributed by atoms with van der Waals surface area (Å²) < 4.78 is 27.3. The Hall–Kier alpha value is -0.940. The van der Waals surface area contributed by atoms with Gasteiger partial charge in [-0.05, 0) is 44.1 Å². The molecule has 0 aromatic heterocycles. The standard InChI is InChI=1S/C13H16BrN3O2S/c1-17(12-2-4-16-5-3-12)20(18,19)13-7-10(9-15)6-11(14)8-13/h6-8,12,16H,2-5H2,1H3. The van der Waals surface area contributed by atoms with Crippen molar-refractivity contribution in [1.29, 1.82) is 5.26 Å². The molecule has 1 fully saturated rings. The predicted molar refractivity (Wildman–Crippen MR) is 79.7 cm³/mol. The van der Waals surface area contributed by atoms with Crippen LogP contribution in [0.25, 0.3) is 0 Å². The Kier molecular flexibility index (Phi) is 4.81. The fourth-order valence-corrected chi connectivity index (χ4v) is 4.44. The molecule has 0 bridgehead atoms. The van der Waals surface area contributed by atoms with E-state index in [1.165, 1.54) is 16.4 Å². The third-order valence-corrected chi connectivity index (χ3v) is 5.85. The average Bonchev–Trinajstić information content (AvgIpc) is 2.46. The first kappa shape index (κ1) is 15.4. The van der Waals surface area contributed by atoms with Crippen LogP contribution in [-0.2, 0) is 10.0 Å². The highest BCUT2D eigenvalue weighted by molar-refractivity contribution is 9.10. The second-order valence-electron chi connectivity index (χ2n) is 4.79. The molecule has 0 spiro atoms. The van der Waals surface area contributed by atoms with Crippen LogP contribution < -0.4 is 5.32 Å². The molecule has 0 atom stereocenters. The first-order valence-corrected chi connectivity index (χ1v) is 8.58. The summed E-state index contributed by atoms with van der Waals surface area (Å²) in [5.74, 6) is 0. The van der Waals surface area contributed by atoms with Crippen molar-refractivity contribution in [3.63, 3.8) is 0 Å². The van der Waals surface area contributed by atoms with Gasteiger partial charge in [0.25, 0.3) is 0 Å². The van der Waals surface area contributed by atoms with Crippen molar-refractivity contribution in [1.82, 2.24) is 9.62 Å². The van der Waals surface area contributed by atoms with Gasteiger partial charge in [0.05, 0.1) is 16.5 Å². The molecule has 0 unspecified atom stereocenters. The quantitative estimate of drug-likeness (QED) is 0.893. The Bertz CT molecular complexity index is 634. The van der Waals surface area contributed by atoms with E-state index in [0.717, 1.165) is 25.9 Å². The summed E-state index contributed by atoms with van der Waals surface area (Å²) in [5, 5.41) is 12.2. The molecule has 0 radical (unpaired) electrons. The lowest BCUT2D eigenvalue weighted by Gasteiger charge is -2.30. The van der Waals surface area contributed by atoms with E-state index in [2.05, 4.69) is 21.2 Å². The number of sulfonamides is 1. The first-order valence-electron chi connectivity index (χ1n) is 6.34. The minimum Gasteiger partial charge on any atom is -0.317 e. The van der Waals surface area contributed by atoms with Gasteiger partial charge >= 0.3 is 0 Å². The lowest BCUT2D eigenvalue weighted by Crippen LogP contribution is -2.43. The molecule has 108 valence electrons. The highest BCUT2D eigenvalue weighted by Crippen LogP contribution is 2.24. The molecular formula is C13H16BrN3O2S. The van der Waals surface area contributed by atoms with Crippen molar-refractivity contribution < 1.29 is 8.42 Å². The summed E-state index contributed by atoms with van der Waals surface area (Å²) in [6.45, 7) is 1.65. The number of nitriles is 1. The van der Waals surface area contributed by atoms with E-state index in [1.54, 1.807) is 13.1 Å². The van der Waals surface area contributed by atoms with E-state index in [1.807, 2.05) is 6.07 Å². The summed E-state index contributed by atoms with van der Waals surface area (Å²) in [5.41, 5.74) is 0.330. The Balaban J connectivity index is 2.34. The second kappa shape index (κ2) is 6.22. The topological polar surface area (TPSA) is 73.2 Å². The second-order valence-corrected chi connectivity index (χ2v) is 7.70. The van der Waals surface area contributed by atoms with Gasteiger partial charge in [0.2, 0.25) is 10.0 Å². The van der Waals surface area contributed by atoms with Crippen molar-refractivity contribution in [3.8, 4) is 6.07 Å². The number of hydrogen-bond acceptors (Lipinski definition) is 4. The Morgan fingerprint density at radius 3 is 2.60 bits per heavy atom. The largest absolute Gasteiger partial charge is 0.317 e. The number of piperidine rings is 1. The monoisotopic (exact) mass is 357 g/mol. The van der Waals surface area contributed by atoms with E-state index in [4.69, 9.17) is 5.26 Å². The third kappa shape index (κ3) is 3.20. The van der Waals surface area contributed by atoms with Gasteiger partial charge in [0, 0.05) is 17.6 Å². The smallest absolute Gasteiger partial charge is 0.243 e. The van der Waals surface area contributed by atoms with Gasteiger partial charge in [-0.3, -0.25) is 0 Å². The van der Waals surface area contributed by atoms with E-state index >= 15 is 0 Å². The lowest BCUT2D eigenvalue weighted by atomic mass is 10.1. The predicted octanol–water partition coefficient (Wildman–Crippen LogP) is 1.69. The summed E-state index contributed by atoms with van der Waals surface area (Å²) >= 11 is 3.25. The van der Waals surface area contributed by atoms with E-state index in [0.29, 0.717) is 10.0 Å². The zero-order valence-electron chi connectivity index (χ0n) is 11.1. The van der Waals surface area contributed by atoms with Crippen molar-refractivity contribution in [2.75, 3.05) is 20.1 Å². The maximum absolute atomic E-state index is 12.6. The minimum absolute atomic E-state index is 0.00534. The molecule has 20 heavy (non-hydrogen) atoms. The fourth-order valence-electron chi connectivity index (χ4n) is 2.31. The van der Waals surface area contributed by atoms with Crippen molar-refractivity contribution in [3.05, 3.63) is 28.2 Å². The first-order chi connectivity index (χ1) is 9.45. The van der Waals surface area contributed by atoms with Crippen LogP contribution in [-0.4, -0.2) is 38.9 Å². The van der Waals surface area contributed by atoms with Gasteiger partial charge in [-0.25, -0.2) is 8.42 Å². The molecule has 1 N–H and O–H groups in total. The molecule has 0 saturated carbocycles. The van der Waals surface area contributed by atoms with Gasteiger partial charge in [-0.1, -0.05) is 15.9 Å². The molecule has 1 heterocycles. The summed E-state index contributed by atoms with van der Waals surface area (Å²) in [6.07, 6.45) is 1.60. The third-order valence-electron chi connectivity index (χ3n) is 3.50. The maximum Gasteiger partial charge on any atom is 0.243 e. The fraction of sp³-hybridized carbons (Fsp3) is 0.462. The van der Waals surface area contributed by atoms with Gasteiger partial charge in [0.1, 0.15) is 0 Å².